The quantitative estimate of drug-likeness (QED) is 0.232. The number of hydrogen-bond acceptors (Lipinski definition) is 4. The minimum atomic E-state index is -4.60. The van der Waals surface area contributed by atoms with Crippen molar-refractivity contribution in [3.63, 3.8) is 0 Å². The van der Waals surface area contributed by atoms with Crippen LogP contribution in [0.2, 0.25) is 0 Å². The summed E-state index contributed by atoms with van der Waals surface area (Å²) in [5, 5.41) is 7.08. The third-order valence-corrected chi connectivity index (χ3v) is 4.86. The van der Waals surface area contributed by atoms with Crippen molar-refractivity contribution in [2.45, 2.75) is 37.9 Å². The maximum Gasteiger partial charge on any atom is 0.436 e. The minimum absolute atomic E-state index is 0.0128. The van der Waals surface area contributed by atoms with Crippen LogP contribution >= 0.6 is 15.9 Å². The van der Waals surface area contributed by atoms with E-state index in [2.05, 4.69) is 31.0 Å². The molecule has 0 amide bonds. The minimum Gasteiger partial charge on any atom is -0.380 e. The molecule has 2 aromatic rings. The summed E-state index contributed by atoms with van der Waals surface area (Å²) in [6, 6.07) is 5.08. The Hall–Kier alpha value is -2.43. The first-order chi connectivity index (χ1) is 13.2. The summed E-state index contributed by atoms with van der Waals surface area (Å²) in [4.78, 5) is 16.6. The maximum atomic E-state index is 13.1. The highest BCUT2D eigenvalue weighted by atomic mass is 79.9. The number of benzene rings is 1. The Morgan fingerprint density at radius 1 is 1.32 bits per heavy atom. The van der Waals surface area contributed by atoms with Crippen LogP contribution in [0.1, 0.15) is 42.1 Å². The van der Waals surface area contributed by atoms with Gasteiger partial charge in [-0.15, -0.1) is 0 Å². The number of rotatable bonds is 6. The molecular formula is C17H15BrF4N4O2. The molecule has 0 bridgehead atoms. The van der Waals surface area contributed by atoms with E-state index in [1.807, 2.05) is 0 Å². The van der Waals surface area contributed by atoms with Gasteiger partial charge in [0.25, 0.3) is 0 Å². The van der Waals surface area contributed by atoms with Crippen molar-refractivity contribution < 1.29 is 27.2 Å². The van der Waals surface area contributed by atoms with Crippen LogP contribution in [0.5, 0.6) is 0 Å². The average molecular weight is 463 g/mol. The summed E-state index contributed by atoms with van der Waals surface area (Å²) in [6.07, 6.45) is -3.30. The highest BCUT2D eigenvalue weighted by molar-refractivity contribution is 9.10. The zero-order valence-corrected chi connectivity index (χ0v) is 15.9. The standard InChI is InChI=1S/C17H15BrF4N4O2/c18-13-14(9-1-2-9)26(24-15(13)17(20,21)22)8-7-12(27)28-25-16(23)10-3-5-11(19)6-4-10/h3-6,9H,1-2,7-8H2,(H2,23,25). The van der Waals surface area contributed by atoms with Crippen LogP contribution in [0.25, 0.3) is 0 Å². The fraction of sp³-hybridized carbons (Fsp3) is 0.353. The first-order valence-electron chi connectivity index (χ1n) is 8.29. The van der Waals surface area contributed by atoms with Crippen LogP contribution in [0.3, 0.4) is 0 Å². The number of alkyl halides is 3. The van der Waals surface area contributed by atoms with Crippen molar-refractivity contribution in [2.75, 3.05) is 0 Å². The molecule has 1 saturated carbocycles. The van der Waals surface area contributed by atoms with Gasteiger partial charge in [0.05, 0.1) is 23.1 Å². The second-order valence-corrected chi connectivity index (χ2v) is 7.03. The van der Waals surface area contributed by atoms with E-state index < -0.39 is 23.7 Å². The molecule has 1 aromatic carbocycles. The zero-order valence-electron chi connectivity index (χ0n) is 14.3. The number of halogens is 5. The van der Waals surface area contributed by atoms with Gasteiger partial charge >= 0.3 is 12.1 Å². The van der Waals surface area contributed by atoms with Gasteiger partial charge in [0.1, 0.15) is 5.82 Å². The Labute approximate surface area is 165 Å². The van der Waals surface area contributed by atoms with E-state index in [0.717, 1.165) is 12.8 Å². The summed E-state index contributed by atoms with van der Waals surface area (Å²) < 4.78 is 53.2. The molecule has 28 heavy (non-hydrogen) atoms. The largest absolute Gasteiger partial charge is 0.436 e. The van der Waals surface area contributed by atoms with Crippen molar-refractivity contribution in [2.24, 2.45) is 10.9 Å². The molecule has 0 aliphatic heterocycles. The van der Waals surface area contributed by atoms with E-state index in [0.29, 0.717) is 11.3 Å². The van der Waals surface area contributed by atoms with Crippen LogP contribution in [0.15, 0.2) is 33.9 Å². The van der Waals surface area contributed by atoms with Gasteiger partial charge in [0.15, 0.2) is 11.5 Å². The van der Waals surface area contributed by atoms with Gasteiger partial charge in [-0.3, -0.25) is 4.68 Å². The lowest BCUT2D eigenvalue weighted by Gasteiger charge is -2.06. The molecule has 1 aromatic heterocycles. The Morgan fingerprint density at radius 3 is 2.54 bits per heavy atom. The lowest BCUT2D eigenvalue weighted by Crippen LogP contribution is -2.16. The summed E-state index contributed by atoms with van der Waals surface area (Å²) >= 11 is 2.98. The van der Waals surface area contributed by atoms with Crippen LogP contribution in [-0.4, -0.2) is 21.6 Å². The number of carbonyl (C=O) groups excluding carboxylic acids is 1. The number of amidine groups is 1. The highest BCUT2D eigenvalue weighted by Gasteiger charge is 2.41. The second kappa shape index (κ2) is 7.90. The third kappa shape index (κ3) is 4.70. The summed E-state index contributed by atoms with van der Waals surface area (Å²) in [5.41, 5.74) is 5.42. The molecule has 11 heteroatoms. The van der Waals surface area contributed by atoms with Crippen molar-refractivity contribution >= 4 is 27.7 Å². The van der Waals surface area contributed by atoms with E-state index in [1.54, 1.807) is 0 Å². The van der Waals surface area contributed by atoms with Crippen LogP contribution < -0.4 is 5.73 Å². The van der Waals surface area contributed by atoms with Gasteiger partial charge in [-0.25, -0.2) is 9.18 Å². The van der Waals surface area contributed by atoms with E-state index in [9.17, 15) is 22.4 Å². The second-order valence-electron chi connectivity index (χ2n) is 6.24. The van der Waals surface area contributed by atoms with Crippen molar-refractivity contribution in [1.82, 2.24) is 9.78 Å². The van der Waals surface area contributed by atoms with Gasteiger partial charge < -0.3 is 10.6 Å². The predicted molar refractivity (Wildman–Crippen MR) is 94.7 cm³/mol. The molecule has 0 atom stereocenters. The molecular weight excluding hydrogens is 448 g/mol. The van der Waals surface area contributed by atoms with Gasteiger partial charge in [0, 0.05) is 11.5 Å². The SMILES string of the molecule is N/C(=N\OC(=O)CCn1nc(C(F)(F)F)c(Br)c1C1CC1)c1ccc(F)cc1. The molecule has 3 rings (SSSR count). The monoisotopic (exact) mass is 462 g/mol. The molecule has 1 heterocycles. The summed E-state index contributed by atoms with van der Waals surface area (Å²) in [5.74, 6) is -1.38. The zero-order chi connectivity index (χ0) is 20.5. The van der Waals surface area contributed by atoms with Crippen molar-refractivity contribution in [3.05, 3.63) is 51.5 Å². The number of aromatic nitrogens is 2. The molecule has 0 radical (unpaired) electrons. The van der Waals surface area contributed by atoms with E-state index in [-0.39, 0.29) is 29.2 Å². The fourth-order valence-electron chi connectivity index (χ4n) is 2.57. The maximum absolute atomic E-state index is 13.1. The summed E-state index contributed by atoms with van der Waals surface area (Å²) in [7, 11) is 0. The molecule has 150 valence electrons. The van der Waals surface area contributed by atoms with E-state index in [1.165, 1.54) is 28.9 Å². The first kappa shape index (κ1) is 20.3. The molecule has 2 N–H and O–H groups in total. The van der Waals surface area contributed by atoms with Gasteiger partial charge in [-0.1, -0.05) is 5.16 Å². The third-order valence-electron chi connectivity index (χ3n) is 4.08. The van der Waals surface area contributed by atoms with Crippen LogP contribution in [-0.2, 0) is 22.4 Å². The van der Waals surface area contributed by atoms with E-state index >= 15 is 0 Å². The lowest BCUT2D eigenvalue weighted by molar-refractivity contribution is -0.144. The molecule has 0 unspecified atom stereocenters. The van der Waals surface area contributed by atoms with Crippen molar-refractivity contribution in [3.8, 4) is 0 Å². The Kier molecular flexibility index (Phi) is 5.73. The Bertz CT molecular complexity index is 905. The lowest BCUT2D eigenvalue weighted by atomic mass is 10.2. The number of nitrogens with zero attached hydrogens (tertiary/aromatic N) is 3. The smallest absolute Gasteiger partial charge is 0.380 e. The predicted octanol–water partition coefficient (Wildman–Crippen LogP) is 3.93. The Balaban J connectivity index is 1.64. The first-order valence-corrected chi connectivity index (χ1v) is 9.08. The highest BCUT2D eigenvalue weighted by Crippen LogP contribution is 2.47. The molecule has 0 spiro atoms. The molecule has 1 aliphatic rings. The van der Waals surface area contributed by atoms with Crippen LogP contribution in [0, 0.1) is 5.82 Å². The molecule has 1 fully saturated rings. The Morgan fingerprint density at radius 2 is 1.96 bits per heavy atom. The normalized spacial score (nSPS) is 15.0. The topological polar surface area (TPSA) is 82.5 Å². The van der Waals surface area contributed by atoms with Gasteiger partial charge in [0.2, 0.25) is 0 Å². The van der Waals surface area contributed by atoms with E-state index in [4.69, 9.17) is 5.73 Å². The van der Waals surface area contributed by atoms with Crippen LogP contribution in [0.4, 0.5) is 17.6 Å². The molecule has 6 nitrogen and oxygen atoms in total. The number of hydrogen-bond donors (Lipinski definition) is 1. The van der Waals surface area contributed by atoms with Gasteiger partial charge in [-0.05, 0) is 53.0 Å². The number of oxime groups is 1. The number of nitrogens with two attached hydrogens (primary N) is 1. The average Bonchev–Trinajstić information content (AvgIpc) is 3.40. The number of carbonyl (C=O) groups is 1. The fourth-order valence-corrected chi connectivity index (χ4v) is 3.40. The summed E-state index contributed by atoms with van der Waals surface area (Å²) in [6.45, 7) is -0.0919. The molecule has 0 saturated heterocycles. The van der Waals surface area contributed by atoms with Gasteiger partial charge in [-0.2, -0.15) is 18.3 Å². The van der Waals surface area contributed by atoms with Crippen molar-refractivity contribution in [1.29, 1.82) is 0 Å². The molecule has 1 aliphatic carbocycles. The number of aryl methyl sites for hydroxylation is 1.